The Morgan fingerprint density at radius 2 is 2.50 bits per heavy atom. The predicted molar refractivity (Wildman–Crippen MR) is 35.5 cm³/mol. The zero-order valence-corrected chi connectivity index (χ0v) is 6.05. The Bertz CT molecular complexity index is 89.0. The Morgan fingerprint density at radius 3 is 2.88 bits per heavy atom. The summed E-state index contributed by atoms with van der Waals surface area (Å²) in [4.78, 5) is 10.1. The molecule has 0 spiro atoms. The maximum atomic E-state index is 10.1. The molecular formula is C5H11O2P. The van der Waals surface area contributed by atoms with Gasteiger partial charge in [-0.15, -0.1) is 0 Å². The summed E-state index contributed by atoms with van der Waals surface area (Å²) in [5.41, 5.74) is 0. The normalized spacial score (nSPS) is 20.5. The first kappa shape index (κ1) is 6.18. The average Bonchev–Trinajstić information content (AvgIpc) is 1.87. The van der Waals surface area contributed by atoms with E-state index in [0.29, 0.717) is 0 Å². The standard InChI is InChI=1S/C5H11O2P/c1-4(3-6)5(2)7-8/h3-5H,8H2,1-2H3/t4?,5-/m0/s1/i8T/t4?,5-,8?. The van der Waals surface area contributed by atoms with Gasteiger partial charge in [-0.1, -0.05) is 6.92 Å². The topological polar surface area (TPSA) is 26.3 Å². The zero-order chi connectivity index (χ0) is 7.28. The average molecular weight is 136 g/mol. The van der Waals surface area contributed by atoms with Gasteiger partial charge in [0.1, 0.15) is 6.29 Å². The van der Waals surface area contributed by atoms with Crippen LogP contribution in [0.3, 0.4) is 0 Å². The Hall–Kier alpha value is 0.0600. The summed E-state index contributed by atoms with van der Waals surface area (Å²) in [6.45, 7) is 3.57. The summed E-state index contributed by atoms with van der Waals surface area (Å²) >= 11 is 0. The second kappa shape index (κ2) is 3.99. The van der Waals surface area contributed by atoms with E-state index in [2.05, 4.69) is 0 Å². The van der Waals surface area contributed by atoms with Gasteiger partial charge < -0.3 is 9.32 Å². The maximum Gasteiger partial charge on any atom is 0.125 e. The van der Waals surface area contributed by atoms with Crippen molar-refractivity contribution in [1.82, 2.24) is 0 Å². The Balaban J connectivity index is 3.44. The Morgan fingerprint density at radius 1 is 1.88 bits per heavy atom. The Labute approximate surface area is 53.2 Å². The molecule has 0 aromatic carbocycles. The molecule has 0 aliphatic heterocycles. The molecule has 2 nitrogen and oxygen atoms in total. The number of hydrogen-bond acceptors (Lipinski definition) is 2. The third kappa shape index (κ3) is 2.39. The first-order valence-electron chi connectivity index (χ1n) is 3.00. The molecule has 0 N–H and O–H groups in total. The first-order valence-corrected chi connectivity index (χ1v) is 2.91. The summed E-state index contributed by atoms with van der Waals surface area (Å²) in [6.07, 6.45) is 0.725. The number of aldehydes is 1. The monoisotopic (exact) mass is 136 g/mol. The molecule has 0 aromatic heterocycles. The predicted octanol–water partition coefficient (Wildman–Crippen LogP) is 1.02. The number of carbonyl (C=O) groups is 1. The van der Waals surface area contributed by atoms with E-state index in [-0.39, 0.29) is 21.4 Å². The van der Waals surface area contributed by atoms with E-state index in [1.165, 1.54) is 0 Å². The van der Waals surface area contributed by atoms with E-state index < -0.39 is 0 Å². The summed E-state index contributed by atoms with van der Waals surface area (Å²) in [6, 6.07) is 0. The smallest absolute Gasteiger partial charge is 0.125 e. The van der Waals surface area contributed by atoms with Crippen molar-refractivity contribution in [3.63, 3.8) is 0 Å². The van der Waals surface area contributed by atoms with Crippen LogP contribution in [0.15, 0.2) is 0 Å². The minimum Gasteiger partial charge on any atom is -0.362 e. The molecular weight excluding hydrogens is 123 g/mol. The van der Waals surface area contributed by atoms with Crippen molar-refractivity contribution in [2.45, 2.75) is 20.0 Å². The highest BCUT2D eigenvalue weighted by atomic mass is 31.0. The van der Waals surface area contributed by atoms with E-state index in [1.807, 2.05) is 0 Å². The molecule has 0 radical (unpaired) electrons. The zero-order valence-electron chi connectivity index (χ0n) is 6.05. The molecule has 0 aromatic rings. The van der Waals surface area contributed by atoms with Gasteiger partial charge in [-0.05, 0) is 6.92 Å². The van der Waals surface area contributed by atoms with Crippen molar-refractivity contribution >= 4 is 15.7 Å². The highest BCUT2D eigenvalue weighted by Crippen LogP contribution is 2.06. The highest BCUT2D eigenvalue weighted by molar-refractivity contribution is 7.09. The van der Waals surface area contributed by atoms with Gasteiger partial charge >= 0.3 is 0 Å². The molecule has 0 aliphatic rings. The van der Waals surface area contributed by atoms with Crippen molar-refractivity contribution in [2.24, 2.45) is 5.92 Å². The van der Waals surface area contributed by atoms with Crippen molar-refractivity contribution < 1.29 is 9.32 Å². The molecule has 0 saturated heterocycles. The van der Waals surface area contributed by atoms with Gasteiger partial charge in [0.25, 0.3) is 0 Å². The quantitative estimate of drug-likeness (QED) is 0.426. The SMILES string of the molecule is [3H]PO[C@@H](C)C(C)C=O. The molecule has 48 valence electrons. The number of carbonyl (C=O) groups excluding carboxylic acids is 1. The van der Waals surface area contributed by atoms with Crippen LogP contribution in [-0.2, 0) is 9.32 Å². The van der Waals surface area contributed by atoms with Crippen molar-refractivity contribution in [3.8, 4) is 0 Å². The molecule has 0 aliphatic carbocycles. The molecule has 3 heteroatoms. The molecule has 0 saturated carbocycles. The van der Waals surface area contributed by atoms with E-state index in [4.69, 9.17) is 5.80 Å². The minimum absolute atomic E-state index is 0.0946. The van der Waals surface area contributed by atoms with E-state index in [9.17, 15) is 4.79 Å². The Kier molecular flexibility index (Phi) is 3.09. The van der Waals surface area contributed by atoms with E-state index in [1.54, 1.807) is 13.8 Å². The molecule has 8 heavy (non-hydrogen) atoms. The van der Waals surface area contributed by atoms with Crippen LogP contribution in [0.5, 0.6) is 0 Å². The van der Waals surface area contributed by atoms with E-state index >= 15 is 0 Å². The molecule has 3 atom stereocenters. The molecule has 0 heterocycles. The summed E-state index contributed by atoms with van der Waals surface area (Å²) in [5, 5.41) is 0. The van der Waals surface area contributed by atoms with Crippen LogP contribution in [0, 0.1) is 5.92 Å². The fourth-order valence-electron chi connectivity index (χ4n) is 0.218. The summed E-state index contributed by atoms with van der Waals surface area (Å²) in [7, 11) is -0.275. The lowest BCUT2D eigenvalue weighted by Gasteiger charge is -2.10. The van der Waals surface area contributed by atoms with Crippen LogP contribution < -0.4 is 0 Å². The van der Waals surface area contributed by atoms with Gasteiger partial charge in [0.15, 0.2) is 0 Å². The molecule has 0 bridgehead atoms. The van der Waals surface area contributed by atoms with Crippen molar-refractivity contribution in [2.75, 3.05) is 0 Å². The van der Waals surface area contributed by atoms with Crippen LogP contribution in [0.25, 0.3) is 0 Å². The van der Waals surface area contributed by atoms with Gasteiger partial charge in [0.2, 0.25) is 0 Å². The van der Waals surface area contributed by atoms with Gasteiger partial charge in [-0.3, -0.25) is 0 Å². The van der Waals surface area contributed by atoms with Gasteiger partial charge in [0, 0.05) is 15.3 Å². The third-order valence-corrected chi connectivity index (χ3v) is 1.51. The fourth-order valence-corrected chi connectivity index (χ4v) is 0.433. The molecule has 0 fully saturated rings. The van der Waals surface area contributed by atoms with Crippen LogP contribution in [0.4, 0.5) is 0 Å². The number of rotatable bonds is 4. The maximum absolute atomic E-state index is 10.1. The van der Waals surface area contributed by atoms with Crippen molar-refractivity contribution in [1.29, 1.82) is 1.28 Å². The summed E-state index contributed by atoms with van der Waals surface area (Å²) in [5.74, 6) is -0.0946. The molecule has 2 unspecified atom stereocenters. The van der Waals surface area contributed by atoms with Gasteiger partial charge in [-0.2, -0.15) is 0 Å². The fraction of sp³-hybridized carbons (Fsp3) is 0.800. The van der Waals surface area contributed by atoms with E-state index in [0.717, 1.165) is 6.29 Å². The molecule has 0 amide bonds. The largest absolute Gasteiger partial charge is 0.362 e. The lowest BCUT2D eigenvalue weighted by molar-refractivity contribution is -0.112. The summed E-state index contributed by atoms with van der Waals surface area (Å²) < 4.78 is 11.5. The van der Waals surface area contributed by atoms with Gasteiger partial charge in [-0.25, -0.2) is 0 Å². The van der Waals surface area contributed by atoms with Crippen LogP contribution in [0.1, 0.15) is 13.8 Å². The van der Waals surface area contributed by atoms with Crippen LogP contribution in [-0.4, -0.2) is 13.7 Å². The van der Waals surface area contributed by atoms with Crippen molar-refractivity contribution in [3.05, 3.63) is 0 Å². The lowest BCUT2D eigenvalue weighted by atomic mass is 10.1. The number of hydrogen-bond donors (Lipinski definition) is 0. The first-order chi connectivity index (χ1) is 4.22. The highest BCUT2D eigenvalue weighted by Gasteiger charge is 2.07. The van der Waals surface area contributed by atoms with Gasteiger partial charge in [0.05, 0.1) is 7.38 Å². The molecule has 0 rings (SSSR count). The van der Waals surface area contributed by atoms with Crippen LogP contribution in [0.2, 0.25) is 0 Å². The second-order valence-electron chi connectivity index (χ2n) is 1.82. The second-order valence-corrected chi connectivity index (χ2v) is 2.05. The minimum atomic E-state index is -0.275. The lowest BCUT2D eigenvalue weighted by Crippen LogP contribution is -2.14. The third-order valence-electron chi connectivity index (χ3n) is 1.14. The van der Waals surface area contributed by atoms with Crippen LogP contribution >= 0.6 is 9.41 Å².